The second-order valence-electron chi connectivity index (χ2n) is 10.2. The summed E-state index contributed by atoms with van der Waals surface area (Å²) in [5.41, 5.74) is 4.83. The van der Waals surface area contributed by atoms with Crippen LogP contribution in [0.1, 0.15) is 28.7 Å². The van der Waals surface area contributed by atoms with Crippen molar-refractivity contribution in [3.63, 3.8) is 0 Å². The van der Waals surface area contributed by atoms with E-state index in [1.807, 2.05) is 66.7 Å². The van der Waals surface area contributed by atoms with Gasteiger partial charge in [-0.15, -0.1) is 0 Å². The number of likely N-dealkylation sites (tertiary alicyclic amines) is 1. The van der Waals surface area contributed by atoms with Crippen molar-refractivity contribution in [1.82, 2.24) is 24.3 Å². The number of aliphatic hydroxyl groups excluding tert-OH is 1. The minimum Gasteiger partial charge on any atom is -0.497 e. The van der Waals surface area contributed by atoms with Crippen LogP contribution in [-0.4, -0.2) is 68.7 Å². The number of rotatable bonds is 6. The van der Waals surface area contributed by atoms with E-state index in [-0.39, 0.29) is 24.3 Å². The molecule has 0 unspecified atom stereocenters. The van der Waals surface area contributed by atoms with Crippen LogP contribution >= 0.6 is 0 Å². The first kappa shape index (κ1) is 23.6. The normalized spacial score (nSPS) is 18.6. The Kier molecular flexibility index (Phi) is 5.93. The van der Waals surface area contributed by atoms with E-state index in [0.29, 0.717) is 6.54 Å². The monoisotopic (exact) mass is 497 g/mol. The van der Waals surface area contributed by atoms with Gasteiger partial charge in [-0.25, -0.2) is 0 Å². The average molecular weight is 498 g/mol. The summed E-state index contributed by atoms with van der Waals surface area (Å²) in [6, 6.07) is 17.3. The van der Waals surface area contributed by atoms with E-state index in [4.69, 9.17) is 4.74 Å². The number of aromatic nitrogens is 3. The smallest absolute Gasteiger partial charge is 0.229 e. The lowest BCUT2D eigenvalue weighted by atomic mass is 9.68. The summed E-state index contributed by atoms with van der Waals surface area (Å²) < 4.78 is 7.65. The summed E-state index contributed by atoms with van der Waals surface area (Å²) in [6.07, 6.45) is 3.74. The zero-order valence-electron chi connectivity index (χ0n) is 21.2. The molecule has 2 aliphatic heterocycles. The summed E-state index contributed by atoms with van der Waals surface area (Å²) in [6.45, 7) is 2.80. The van der Waals surface area contributed by atoms with E-state index in [9.17, 15) is 9.90 Å². The molecule has 0 radical (unpaired) electrons. The Bertz CT molecular complexity index is 1430. The van der Waals surface area contributed by atoms with Gasteiger partial charge in [0, 0.05) is 73.9 Å². The van der Waals surface area contributed by atoms with Crippen LogP contribution in [0.3, 0.4) is 0 Å². The summed E-state index contributed by atoms with van der Waals surface area (Å²) in [4.78, 5) is 26.8. The van der Waals surface area contributed by atoms with Gasteiger partial charge in [0.15, 0.2) is 0 Å². The third-order valence-corrected chi connectivity index (χ3v) is 7.86. The van der Waals surface area contributed by atoms with Crippen LogP contribution in [0.2, 0.25) is 0 Å². The second kappa shape index (κ2) is 9.28. The van der Waals surface area contributed by atoms with Crippen molar-refractivity contribution in [2.24, 2.45) is 7.05 Å². The Morgan fingerprint density at radius 1 is 1.05 bits per heavy atom. The number of hydrogen-bond acceptors (Lipinski definition) is 6. The van der Waals surface area contributed by atoms with Gasteiger partial charge in [-0.2, -0.15) is 0 Å². The Morgan fingerprint density at radius 2 is 1.78 bits per heavy atom. The highest BCUT2D eigenvalue weighted by Crippen LogP contribution is 2.50. The molecule has 1 fully saturated rings. The zero-order chi connectivity index (χ0) is 25.6. The molecular formula is C29H31N5O3. The van der Waals surface area contributed by atoms with Crippen LogP contribution in [0, 0.1) is 0 Å². The lowest BCUT2D eigenvalue weighted by molar-refractivity contribution is -0.138. The van der Waals surface area contributed by atoms with Gasteiger partial charge in [-0.05, 0) is 42.0 Å². The standard InChI is InChI=1S/C29H31N5O3/c1-32-24-14-22(37-2)9-10-23(24)27-28(32)25(16-35)34(26(36)13-20-7-3-5-11-30-20)19-29(27)17-33(18-29)15-21-8-4-6-12-31-21/h3-12,14,25,35H,13,15-19H2,1-2H3/t25-/m0/s1. The van der Waals surface area contributed by atoms with Crippen molar-refractivity contribution in [2.45, 2.75) is 24.4 Å². The fourth-order valence-corrected chi connectivity index (χ4v) is 6.28. The molecule has 1 N–H and O–H groups in total. The number of aliphatic hydroxyl groups is 1. The zero-order valence-corrected chi connectivity index (χ0v) is 21.2. The molecule has 1 atom stereocenters. The van der Waals surface area contributed by atoms with Gasteiger partial charge in [0.05, 0.1) is 37.4 Å². The molecule has 190 valence electrons. The van der Waals surface area contributed by atoms with Gasteiger partial charge < -0.3 is 19.3 Å². The lowest BCUT2D eigenvalue weighted by Crippen LogP contribution is -2.66. The van der Waals surface area contributed by atoms with Crippen LogP contribution in [0.5, 0.6) is 5.75 Å². The number of ether oxygens (including phenoxy) is 1. The number of benzene rings is 1. The molecule has 8 heteroatoms. The number of aryl methyl sites for hydroxylation is 1. The average Bonchev–Trinajstić information content (AvgIpc) is 3.21. The second-order valence-corrected chi connectivity index (χ2v) is 10.2. The van der Waals surface area contributed by atoms with Gasteiger partial charge >= 0.3 is 0 Å². The van der Waals surface area contributed by atoms with Gasteiger partial charge in [0.2, 0.25) is 5.91 Å². The molecule has 0 aliphatic carbocycles. The number of hydrogen-bond donors (Lipinski definition) is 1. The molecule has 8 nitrogen and oxygen atoms in total. The molecule has 3 aromatic heterocycles. The van der Waals surface area contributed by atoms with E-state index >= 15 is 0 Å². The van der Waals surface area contributed by atoms with Crippen molar-refractivity contribution < 1.29 is 14.6 Å². The SMILES string of the molecule is COc1ccc2c3c(n(C)c2c1)[C@H](CO)N(C(=O)Cc1ccccn1)CC31CN(Cc2ccccn2)C1. The highest BCUT2D eigenvalue weighted by Gasteiger charge is 2.54. The molecular weight excluding hydrogens is 466 g/mol. The number of amides is 1. The number of nitrogens with zero attached hydrogens (tertiary/aromatic N) is 5. The van der Waals surface area contributed by atoms with Crippen LogP contribution in [-0.2, 0) is 30.2 Å². The molecule has 1 amide bonds. The largest absolute Gasteiger partial charge is 0.497 e. The van der Waals surface area contributed by atoms with E-state index in [2.05, 4.69) is 25.5 Å². The van der Waals surface area contributed by atoms with Gasteiger partial charge in [0.1, 0.15) is 5.75 Å². The maximum atomic E-state index is 13.7. The molecule has 1 aromatic carbocycles. The number of pyridine rings is 2. The number of carbonyl (C=O) groups is 1. The first-order valence-corrected chi connectivity index (χ1v) is 12.6. The van der Waals surface area contributed by atoms with Crippen LogP contribution in [0.4, 0.5) is 0 Å². The van der Waals surface area contributed by atoms with Crippen molar-refractivity contribution in [1.29, 1.82) is 0 Å². The molecule has 0 saturated carbocycles. The van der Waals surface area contributed by atoms with Gasteiger partial charge in [-0.3, -0.25) is 19.7 Å². The number of fused-ring (bicyclic) bond motifs is 4. The summed E-state index contributed by atoms with van der Waals surface area (Å²) in [7, 11) is 3.69. The Morgan fingerprint density at radius 3 is 2.43 bits per heavy atom. The van der Waals surface area contributed by atoms with E-state index in [1.54, 1.807) is 13.3 Å². The summed E-state index contributed by atoms with van der Waals surface area (Å²) in [5.74, 6) is 0.766. The van der Waals surface area contributed by atoms with Gasteiger partial charge in [0.25, 0.3) is 0 Å². The topological polar surface area (TPSA) is 83.7 Å². The third kappa shape index (κ3) is 3.97. The minimum absolute atomic E-state index is 0.0196. The lowest BCUT2D eigenvalue weighted by Gasteiger charge is -2.56. The fourth-order valence-electron chi connectivity index (χ4n) is 6.28. The van der Waals surface area contributed by atoms with Crippen LogP contribution in [0.15, 0.2) is 67.0 Å². The minimum atomic E-state index is -0.426. The maximum absolute atomic E-state index is 13.7. The molecule has 4 aromatic rings. The van der Waals surface area contributed by atoms with Crippen molar-refractivity contribution >= 4 is 16.8 Å². The summed E-state index contributed by atoms with van der Waals surface area (Å²) >= 11 is 0. The quantitative estimate of drug-likeness (QED) is 0.441. The van der Waals surface area contributed by atoms with Crippen LogP contribution < -0.4 is 4.74 Å². The third-order valence-electron chi connectivity index (χ3n) is 7.86. The molecule has 1 saturated heterocycles. The van der Waals surface area contributed by atoms with Crippen molar-refractivity contribution in [2.75, 3.05) is 33.4 Å². The highest BCUT2D eigenvalue weighted by atomic mass is 16.5. The van der Waals surface area contributed by atoms with Crippen molar-refractivity contribution in [3.8, 4) is 5.75 Å². The maximum Gasteiger partial charge on any atom is 0.229 e. The van der Waals surface area contributed by atoms with Crippen LogP contribution in [0.25, 0.3) is 10.9 Å². The summed E-state index contributed by atoms with van der Waals surface area (Å²) in [5, 5.41) is 11.8. The molecule has 6 rings (SSSR count). The number of methoxy groups -OCH3 is 1. The van der Waals surface area contributed by atoms with Gasteiger partial charge in [-0.1, -0.05) is 12.1 Å². The molecule has 37 heavy (non-hydrogen) atoms. The first-order valence-electron chi connectivity index (χ1n) is 12.6. The van der Waals surface area contributed by atoms with E-state index in [1.165, 1.54) is 5.56 Å². The molecule has 1 spiro atoms. The predicted octanol–water partition coefficient (Wildman–Crippen LogP) is 2.85. The van der Waals surface area contributed by atoms with Crippen molar-refractivity contribution in [3.05, 3.63) is 89.6 Å². The van der Waals surface area contributed by atoms with E-state index in [0.717, 1.165) is 53.4 Å². The Labute approximate surface area is 216 Å². The predicted molar refractivity (Wildman–Crippen MR) is 140 cm³/mol. The first-order chi connectivity index (χ1) is 18.0. The highest BCUT2D eigenvalue weighted by molar-refractivity contribution is 5.90. The number of carbonyl (C=O) groups excluding carboxylic acids is 1. The Balaban J connectivity index is 1.41. The van der Waals surface area contributed by atoms with E-state index < -0.39 is 6.04 Å². The fraction of sp³-hybridized carbons (Fsp3) is 0.345. The molecule has 5 heterocycles. The molecule has 2 aliphatic rings. The Hall–Kier alpha value is -3.75. The molecule has 0 bridgehead atoms.